The molecule has 0 saturated carbocycles. The Morgan fingerprint density at radius 3 is 2.70 bits per heavy atom. The lowest BCUT2D eigenvalue weighted by atomic mass is 10.0. The van der Waals surface area contributed by atoms with Gasteiger partial charge in [0.15, 0.2) is 0 Å². The Balaban J connectivity index is 1.99. The van der Waals surface area contributed by atoms with Crippen molar-refractivity contribution in [3.63, 3.8) is 0 Å². The van der Waals surface area contributed by atoms with Crippen LogP contribution in [-0.4, -0.2) is 19.6 Å². The average Bonchev–Trinajstić information content (AvgIpc) is 2.51. The van der Waals surface area contributed by atoms with Crippen LogP contribution in [0.1, 0.15) is 17.2 Å². The predicted molar refractivity (Wildman–Crippen MR) is 80.5 cm³/mol. The van der Waals surface area contributed by atoms with Crippen molar-refractivity contribution >= 4 is 5.69 Å². The summed E-state index contributed by atoms with van der Waals surface area (Å²) in [5.74, 6) is -0.132. The maximum absolute atomic E-state index is 13.8. The molecule has 0 amide bonds. The number of piperazine rings is 1. The highest BCUT2D eigenvalue weighted by atomic mass is 19.1. The molecule has 0 radical (unpaired) electrons. The van der Waals surface area contributed by atoms with Crippen molar-refractivity contribution in [2.75, 3.05) is 24.5 Å². The van der Waals surface area contributed by atoms with Gasteiger partial charge in [0, 0.05) is 30.9 Å². The highest BCUT2D eigenvalue weighted by Crippen LogP contribution is 2.31. The molecule has 0 spiro atoms. The molecule has 2 aromatic rings. The summed E-state index contributed by atoms with van der Waals surface area (Å²) in [5, 5.41) is 3.43. The first kappa shape index (κ1) is 13.1. The first-order valence-electron chi connectivity index (χ1n) is 7.05. The van der Waals surface area contributed by atoms with Crippen LogP contribution in [0.4, 0.5) is 10.1 Å². The van der Waals surface area contributed by atoms with E-state index in [1.54, 1.807) is 6.07 Å². The van der Waals surface area contributed by atoms with Crippen LogP contribution in [0.3, 0.4) is 0 Å². The van der Waals surface area contributed by atoms with Crippen LogP contribution in [0.25, 0.3) is 0 Å². The monoisotopic (exact) mass is 270 g/mol. The van der Waals surface area contributed by atoms with E-state index in [9.17, 15) is 4.39 Å². The normalized spacial score (nSPS) is 19.1. The summed E-state index contributed by atoms with van der Waals surface area (Å²) in [6.07, 6.45) is 0. The summed E-state index contributed by atoms with van der Waals surface area (Å²) in [4.78, 5) is 2.31. The molecule has 1 unspecified atom stereocenters. The maximum atomic E-state index is 13.8. The van der Waals surface area contributed by atoms with Gasteiger partial charge in [-0.15, -0.1) is 0 Å². The van der Waals surface area contributed by atoms with Gasteiger partial charge in [0.05, 0.1) is 6.04 Å². The van der Waals surface area contributed by atoms with Gasteiger partial charge in [-0.1, -0.05) is 36.4 Å². The third-order valence-corrected chi connectivity index (χ3v) is 3.98. The second-order valence-electron chi connectivity index (χ2n) is 5.21. The van der Waals surface area contributed by atoms with Gasteiger partial charge < -0.3 is 10.2 Å². The van der Waals surface area contributed by atoms with Gasteiger partial charge in [-0.25, -0.2) is 4.39 Å². The number of halogens is 1. The van der Waals surface area contributed by atoms with Crippen LogP contribution in [0, 0.1) is 12.7 Å². The number of anilines is 1. The molecule has 20 heavy (non-hydrogen) atoms. The number of benzene rings is 2. The highest BCUT2D eigenvalue weighted by Gasteiger charge is 2.25. The Kier molecular flexibility index (Phi) is 3.70. The molecule has 3 heteroatoms. The number of rotatable bonds is 2. The zero-order chi connectivity index (χ0) is 13.9. The van der Waals surface area contributed by atoms with Crippen LogP contribution in [0.5, 0.6) is 0 Å². The predicted octanol–water partition coefficient (Wildman–Crippen LogP) is 3.29. The minimum atomic E-state index is -0.132. The van der Waals surface area contributed by atoms with Crippen LogP contribution >= 0.6 is 0 Å². The van der Waals surface area contributed by atoms with Gasteiger partial charge in [0.1, 0.15) is 5.82 Å². The molecule has 1 fully saturated rings. The van der Waals surface area contributed by atoms with Crippen molar-refractivity contribution in [2.45, 2.75) is 13.0 Å². The quantitative estimate of drug-likeness (QED) is 0.901. The lowest BCUT2D eigenvalue weighted by molar-refractivity contribution is 0.487. The van der Waals surface area contributed by atoms with Crippen molar-refractivity contribution in [2.24, 2.45) is 0 Å². The van der Waals surface area contributed by atoms with Gasteiger partial charge in [0.25, 0.3) is 0 Å². The SMILES string of the molecule is Cc1c(F)cccc1N1CCNCC1c1ccccc1. The molecule has 2 aromatic carbocycles. The molecule has 1 N–H and O–H groups in total. The van der Waals surface area contributed by atoms with E-state index in [0.29, 0.717) is 0 Å². The summed E-state index contributed by atoms with van der Waals surface area (Å²) in [5.41, 5.74) is 3.00. The van der Waals surface area contributed by atoms with E-state index in [1.807, 2.05) is 19.1 Å². The molecule has 0 bridgehead atoms. The van der Waals surface area contributed by atoms with E-state index < -0.39 is 0 Å². The fraction of sp³-hybridized carbons (Fsp3) is 0.294. The minimum absolute atomic E-state index is 0.132. The molecule has 0 aromatic heterocycles. The van der Waals surface area contributed by atoms with Gasteiger partial charge in [-0.05, 0) is 24.6 Å². The lowest BCUT2D eigenvalue weighted by Crippen LogP contribution is -2.46. The van der Waals surface area contributed by atoms with Gasteiger partial charge in [-0.3, -0.25) is 0 Å². The van der Waals surface area contributed by atoms with E-state index >= 15 is 0 Å². The summed E-state index contributed by atoms with van der Waals surface area (Å²) in [7, 11) is 0. The lowest BCUT2D eigenvalue weighted by Gasteiger charge is -2.39. The summed E-state index contributed by atoms with van der Waals surface area (Å²) >= 11 is 0. The zero-order valence-electron chi connectivity index (χ0n) is 11.6. The Bertz CT molecular complexity index is 583. The van der Waals surface area contributed by atoms with Crippen LogP contribution in [0.15, 0.2) is 48.5 Å². The number of nitrogens with one attached hydrogen (secondary N) is 1. The molecular formula is C17H19FN2. The molecule has 2 nitrogen and oxygen atoms in total. The second-order valence-corrected chi connectivity index (χ2v) is 5.21. The van der Waals surface area contributed by atoms with E-state index in [-0.39, 0.29) is 11.9 Å². The Morgan fingerprint density at radius 2 is 1.90 bits per heavy atom. The Morgan fingerprint density at radius 1 is 1.10 bits per heavy atom. The number of nitrogens with zero attached hydrogens (tertiary/aromatic N) is 1. The van der Waals surface area contributed by atoms with Crippen molar-refractivity contribution < 1.29 is 4.39 Å². The van der Waals surface area contributed by atoms with E-state index in [2.05, 4.69) is 34.5 Å². The topological polar surface area (TPSA) is 15.3 Å². The Hall–Kier alpha value is -1.87. The third kappa shape index (κ3) is 2.41. The smallest absolute Gasteiger partial charge is 0.128 e. The Labute approximate surface area is 119 Å². The molecule has 104 valence electrons. The zero-order valence-corrected chi connectivity index (χ0v) is 11.6. The van der Waals surface area contributed by atoms with Crippen LogP contribution < -0.4 is 10.2 Å². The van der Waals surface area contributed by atoms with Crippen molar-refractivity contribution in [1.82, 2.24) is 5.32 Å². The summed E-state index contributed by atoms with van der Waals surface area (Å²) < 4.78 is 13.8. The van der Waals surface area contributed by atoms with E-state index in [4.69, 9.17) is 0 Å². The summed E-state index contributed by atoms with van der Waals surface area (Å²) in [6, 6.07) is 16.0. The fourth-order valence-electron chi connectivity index (χ4n) is 2.87. The largest absolute Gasteiger partial charge is 0.362 e. The molecule has 1 saturated heterocycles. The average molecular weight is 270 g/mol. The molecule has 0 aliphatic carbocycles. The first-order valence-corrected chi connectivity index (χ1v) is 7.05. The van der Waals surface area contributed by atoms with Gasteiger partial charge in [0.2, 0.25) is 0 Å². The van der Waals surface area contributed by atoms with Crippen LogP contribution in [-0.2, 0) is 0 Å². The second kappa shape index (κ2) is 5.63. The standard InChI is InChI=1S/C17H19FN2/c1-13-15(18)8-5-9-16(13)20-11-10-19-12-17(20)14-6-3-2-4-7-14/h2-9,17,19H,10-12H2,1H3. The number of hydrogen-bond donors (Lipinski definition) is 1. The van der Waals surface area contributed by atoms with E-state index in [1.165, 1.54) is 11.6 Å². The molecule has 1 atom stereocenters. The third-order valence-electron chi connectivity index (χ3n) is 3.98. The van der Waals surface area contributed by atoms with Crippen LogP contribution in [0.2, 0.25) is 0 Å². The molecule has 1 aliphatic rings. The van der Waals surface area contributed by atoms with Crippen molar-refractivity contribution in [3.8, 4) is 0 Å². The molecular weight excluding hydrogens is 251 g/mol. The first-order chi connectivity index (χ1) is 9.77. The van der Waals surface area contributed by atoms with Crippen molar-refractivity contribution in [3.05, 3.63) is 65.5 Å². The van der Waals surface area contributed by atoms with Gasteiger partial charge >= 0.3 is 0 Å². The molecule has 3 rings (SSSR count). The molecule has 1 heterocycles. The summed E-state index contributed by atoms with van der Waals surface area (Å²) in [6.45, 7) is 4.57. The minimum Gasteiger partial charge on any atom is -0.362 e. The highest BCUT2D eigenvalue weighted by molar-refractivity contribution is 5.56. The molecule has 1 aliphatic heterocycles. The van der Waals surface area contributed by atoms with E-state index in [0.717, 1.165) is 30.9 Å². The van der Waals surface area contributed by atoms with Gasteiger partial charge in [-0.2, -0.15) is 0 Å². The maximum Gasteiger partial charge on any atom is 0.128 e. The number of hydrogen-bond acceptors (Lipinski definition) is 2. The van der Waals surface area contributed by atoms with Crippen molar-refractivity contribution in [1.29, 1.82) is 0 Å². The fourth-order valence-corrected chi connectivity index (χ4v) is 2.87.